The lowest BCUT2D eigenvalue weighted by molar-refractivity contribution is 0.172. The minimum absolute atomic E-state index is 0.692. The zero-order chi connectivity index (χ0) is 38.3. The second kappa shape index (κ2) is 20.4. The lowest BCUT2D eigenvalue weighted by Crippen LogP contribution is -2.45. The maximum absolute atomic E-state index is 2.63. The van der Waals surface area contributed by atoms with Crippen molar-refractivity contribution in [2.75, 3.05) is 0 Å². The second-order valence-electron chi connectivity index (χ2n) is 20.0. The zero-order valence-corrected chi connectivity index (χ0v) is 37.8. The van der Waals surface area contributed by atoms with Crippen LogP contribution in [0, 0.1) is 82.9 Å². The van der Waals surface area contributed by atoms with Crippen LogP contribution < -0.4 is 0 Å². The summed E-state index contributed by atoms with van der Waals surface area (Å²) >= 11 is 0. The molecule has 7 unspecified atom stereocenters. The summed E-state index contributed by atoms with van der Waals surface area (Å²) in [5.41, 5.74) is 11.6. The molecule has 4 saturated carbocycles. The van der Waals surface area contributed by atoms with Gasteiger partial charge in [-0.15, -0.1) is 0 Å². The van der Waals surface area contributed by atoms with E-state index in [4.69, 9.17) is 0 Å². The monoisotopic (exact) mass is 717 g/mol. The quantitative estimate of drug-likeness (QED) is 0.254. The molecule has 7 aliphatic rings. The molecular weight excluding hydrogens is 625 g/mol. The smallest absolute Gasteiger partial charge is 0.00842 e. The SMILES string of the molecule is CC.CC.CC1CCC(C2CCC(C)C3=C2C2C(=C(C(C)C)C3)C(C)C(C)C3=C(C(C)C)C(C)CCC32)CC1.CC1CCC(C2CCCCC2)CC1. The van der Waals surface area contributed by atoms with Gasteiger partial charge in [0.25, 0.3) is 0 Å². The van der Waals surface area contributed by atoms with Crippen molar-refractivity contribution >= 4 is 0 Å². The van der Waals surface area contributed by atoms with Gasteiger partial charge in [0.15, 0.2) is 0 Å². The van der Waals surface area contributed by atoms with Crippen molar-refractivity contribution in [2.45, 2.75) is 213 Å². The summed E-state index contributed by atoms with van der Waals surface area (Å²) in [6.45, 7) is 33.3. The van der Waals surface area contributed by atoms with Crippen LogP contribution in [-0.4, -0.2) is 0 Å². The topological polar surface area (TPSA) is 0 Å². The third kappa shape index (κ3) is 9.59. The van der Waals surface area contributed by atoms with Crippen LogP contribution in [0.2, 0.25) is 0 Å². The molecule has 0 amide bonds. The maximum atomic E-state index is 2.63. The van der Waals surface area contributed by atoms with Crippen LogP contribution in [0.4, 0.5) is 0 Å². The Labute approximate surface area is 327 Å². The second-order valence-corrected chi connectivity index (χ2v) is 20.0. The van der Waals surface area contributed by atoms with Crippen molar-refractivity contribution in [1.82, 2.24) is 0 Å². The lowest BCUT2D eigenvalue weighted by atomic mass is 9.49. The van der Waals surface area contributed by atoms with Gasteiger partial charge < -0.3 is 0 Å². The van der Waals surface area contributed by atoms with E-state index in [2.05, 4.69) is 69.2 Å². The Morgan fingerprint density at radius 2 is 0.904 bits per heavy atom. The molecule has 0 bridgehead atoms. The van der Waals surface area contributed by atoms with E-state index in [1.807, 2.05) is 61.1 Å². The van der Waals surface area contributed by atoms with Crippen molar-refractivity contribution in [1.29, 1.82) is 0 Å². The first kappa shape index (κ1) is 43.9. The minimum Gasteiger partial charge on any atom is -0.0683 e. The van der Waals surface area contributed by atoms with E-state index in [0.29, 0.717) is 17.8 Å². The fraction of sp³-hybridized carbons (Fsp3) is 0.885. The summed E-state index contributed by atoms with van der Waals surface area (Å²) in [4.78, 5) is 0. The summed E-state index contributed by atoms with van der Waals surface area (Å²) in [5.74, 6) is 12.0. The van der Waals surface area contributed by atoms with E-state index in [1.54, 1.807) is 25.7 Å². The van der Waals surface area contributed by atoms with E-state index in [-0.39, 0.29) is 0 Å². The van der Waals surface area contributed by atoms with Gasteiger partial charge in [-0.3, -0.25) is 0 Å². The van der Waals surface area contributed by atoms with Gasteiger partial charge in [0.05, 0.1) is 0 Å². The average molecular weight is 717 g/mol. The van der Waals surface area contributed by atoms with Crippen LogP contribution >= 0.6 is 0 Å². The summed E-state index contributed by atoms with van der Waals surface area (Å²) < 4.78 is 0. The van der Waals surface area contributed by atoms with Crippen LogP contribution in [0.15, 0.2) is 33.4 Å². The van der Waals surface area contributed by atoms with Gasteiger partial charge in [0, 0.05) is 5.92 Å². The normalized spacial score (nSPS) is 38.2. The number of hydrogen-bond acceptors (Lipinski definition) is 0. The Bertz CT molecular complexity index is 1170. The summed E-state index contributed by atoms with van der Waals surface area (Å²) in [6, 6.07) is 0. The molecule has 0 aromatic carbocycles. The summed E-state index contributed by atoms with van der Waals surface area (Å²) in [7, 11) is 0. The Hall–Kier alpha value is -0.780. The highest BCUT2D eigenvalue weighted by atomic mass is 14.6. The standard InChI is InChI=1S/C35H56.C13H24.2C2H6/c1-19(2)29-18-30-22(6)12-16-27(26-14-10-21(5)11-15-26)34(30)35-28-17-13-23(7)31(20(3)4)32(28)24(8)25(9)33(29)35;1-11-7-9-13(10-8-11)12-5-3-2-4-6-12;2*1-2/h19-28,35H,10-18H2,1-9H3;11-13H,2-10H2,1H3;2*1-2H3. The van der Waals surface area contributed by atoms with Gasteiger partial charge in [0.1, 0.15) is 0 Å². The highest BCUT2D eigenvalue weighted by Gasteiger charge is 2.51. The van der Waals surface area contributed by atoms with Crippen LogP contribution in [-0.2, 0) is 0 Å². The van der Waals surface area contributed by atoms with Gasteiger partial charge in [-0.2, -0.15) is 0 Å². The van der Waals surface area contributed by atoms with Gasteiger partial charge >= 0.3 is 0 Å². The van der Waals surface area contributed by atoms with Crippen LogP contribution in [0.3, 0.4) is 0 Å². The molecule has 0 aromatic rings. The van der Waals surface area contributed by atoms with E-state index in [9.17, 15) is 0 Å². The average Bonchev–Trinajstić information content (AvgIpc) is 3.16. The van der Waals surface area contributed by atoms with Crippen molar-refractivity contribution in [3.05, 3.63) is 33.4 Å². The van der Waals surface area contributed by atoms with Crippen molar-refractivity contribution in [2.24, 2.45) is 82.9 Å². The molecule has 0 radical (unpaired) electrons. The largest absolute Gasteiger partial charge is 0.0683 e. The van der Waals surface area contributed by atoms with Crippen molar-refractivity contribution < 1.29 is 0 Å². The minimum atomic E-state index is 0.692. The van der Waals surface area contributed by atoms with Crippen molar-refractivity contribution in [3.8, 4) is 0 Å². The van der Waals surface area contributed by atoms with Gasteiger partial charge in [-0.1, -0.05) is 188 Å². The van der Waals surface area contributed by atoms with E-state index in [0.717, 1.165) is 65.1 Å². The molecule has 7 rings (SSSR count). The molecule has 0 spiro atoms. The van der Waals surface area contributed by atoms with Crippen LogP contribution in [0.5, 0.6) is 0 Å². The molecule has 0 aromatic heterocycles. The summed E-state index contributed by atoms with van der Waals surface area (Å²) in [5, 5.41) is 0. The van der Waals surface area contributed by atoms with Crippen LogP contribution in [0.25, 0.3) is 0 Å². The van der Waals surface area contributed by atoms with Gasteiger partial charge in [0.2, 0.25) is 0 Å². The highest BCUT2D eigenvalue weighted by molar-refractivity contribution is 5.49. The van der Waals surface area contributed by atoms with E-state index in [1.165, 1.54) is 89.9 Å². The first-order valence-corrected chi connectivity index (χ1v) is 24.2. The lowest BCUT2D eigenvalue weighted by Gasteiger charge is -2.56. The van der Waals surface area contributed by atoms with E-state index >= 15 is 0 Å². The Morgan fingerprint density at radius 3 is 1.44 bits per heavy atom. The van der Waals surface area contributed by atoms with Gasteiger partial charge in [-0.05, 0) is 135 Å². The zero-order valence-electron chi connectivity index (χ0n) is 37.8. The van der Waals surface area contributed by atoms with Crippen LogP contribution in [0.1, 0.15) is 213 Å². The molecule has 0 heteroatoms. The molecule has 52 heavy (non-hydrogen) atoms. The molecule has 0 N–H and O–H groups in total. The molecule has 300 valence electrons. The maximum Gasteiger partial charge on any atom is 0.00842 e. The predicted molar refractivity (Wildman–Crippen MR) is 232 cm³/mol. The molecule has 0 heterocycles. The third-order valence-electron chi connectivity index (χ3n) is 16.3. The Kier molecular flexibility index (Phi) is 17.2. The molecule has 0 nitrogen and oxygen atoms in total. The molecule has 7 aliphatic carbocycles. The number of rotatable bonds is 4. The molecule has 0 saturated heterocycles. The fourth-order valence-electron chi connectivity index (χ4n) is 13.4. The van der Waals surface area contributed by atoms with Crippen molar-refractivity contribution in [3.63, 3.8) is 0 Å². The predicted octanol–water partition coefficient (Wildman–Crippen LogP) is 16.9. The molecular formula is C52H92. The highest BCUT2D eigenvalue weighted by Crippen LogP contribution is 2.63. The Morgan fingerprint density at radius 1 is 0.423 bits per heavy atom. The molecule has 4 fully saturated rings. The number of allylic oxidation sites excluding steroid dienone is 6. The number of hydrogen-bond donors (Lipinski definition) is 0. The van der Waals surface area contributed by atoms with Gasteiger partial charge in [-0.25, -0.2) is 0 Å². The molecule has 7 atom stereocenters. The molecule has 0 aliphatic heterocycles. The first-order valence-electron chi connectivity index (χ1n) is 24.2. The number of fused-ring (bicyclic) bond motifs is 4. The first-order chi connectivity index (χ1) is 25.0. The summed E-state index contributed by atoms with van der Waals surface area (Å²) in [6.07, 6.45) is 26.8. The Balaban J connectivity index is 0.000000296. The fourth-order valence-corrected chi connectivity index (χ4v) is 13.4. The third-order valence-corrected chi connectivity index (χ3v) is 16.3. The van der Waals surface area contributed by atoms with E-state index < -0.39 is 0 Å².